The largest absolute Gasteiger partial charge is 0.493 e. The third-order valence-electron chi connectivity index (χ3n) is 3.82. The Hall–Kier alpha value is -1.62. The molecule has 0 radical (unpaired) electrons. The lowest BCUT2D eigenvalue weighted by Gasteiger charge is -2.23. The number of halogens is 1. The number of carbonyl (C=O) groups is 1. The van der Waals surface area contributed by atoms with Crippen molar-refractivity contribution in [3.63, 3.8) is 0 Å². The number of hydrogen-bond acceptors (Lipinski definition) is 4. The van der Waals surface area contributed by atoms with Gasteiger partial charge in [-0.3, -0.25) is 0 Å². The Balaban J connectivity index is 2.05. The fourth-order valence-corrected chi connectivity index (χ4v) is 2.56. The minimum Gasteiger partial charge on any atom is -0.493 e. The number of piperidine rings is 1. The second-order valence-electron chi connectivity index (χ2n) is 7.10. The Morgan fingerprint density at radius 1 is 1.30 bits per heavy atom. The highest BCUT2D eigenvalue weighted by Gasteiger charge is 2.22. The van der Waals surface area contributed by atoms with Gasteiger partial charge in [0.05, 0.1) is 12.2 Å². The molecule has 1 aliphatic rings. The van der Waals surface area contributed by atoms with Crippen molar-refractivity contribution in [1.29, 1.82) is 0 Å². The molecule has 5 heteroatoms. The number of ether oxygens (including phenoxy) is 2. The fraction of sp³-hybridized carbons (Fsp3) is 0.611. The summed E-state index contributed by atoms with van der Waals surface area (Å²) in [6, 6.07) is 2.79. The van der Waals surface area contributed by atoms with Gasteiger partial charge in [-0.25, -0.2) is 9.18 Å². The average molecular weight is 323 g/mol. The first kappa shape index (κ1) is 17.7. The molecule has 1 aromatic carbocycles. The van der Waals surface area contributed by atoms with Gasteiger partial charge in [0.1, 0.15) is 17.2 Å². The number of aryl methyl sites for hydroxylation is 1. The second kappa shape index (κ2) is 7.30. The summed E-state index contributed by atoms with van der Waals surface area (Å²) in [6.45, 7) is 9.65. The van der Waals surface area contributed by atoms with Crippen LogP contribution in [0.3, 0.4) is 0 Å². The second-order valence-corrected chi connectivity index (χ2v) is 7.10. The Kier molecular flexibility index (Phi) is 5.63. The van der Waals surface area contributed by atoms with E-state index in [1.165, 1.54) is 12.1 Å². The van der Waals surface area contributed by atoms with Crippen LogP contribution in [0.1, 0.15) is 49.5 Å². The zero-order chi connectivity index (χ0) is 17.0. The Morgan fingerprint density at radius 2 is 1.96 bits per heavy atom. The first-order valence-electron chi connectivity index (χ1n) is 8.13. The van der Waals surface area contributed by atoms with E-state index in [9.17, 15) is 9.18 Å². The normalized spacial score (nSPS) is 16.2. The van der Waals surface area contributed by atoms with Gasteiger partial charge in [-0.15, -0.1) is 0 Å². The minimum absolute atomic E-state index is 0.0494. The molecule has 0 unspecified atom stereocenters. The van der Waals surface area contributed by atoms with Gasteiger partial charge in [-0.05, 0) is 71.2 Å². The molecule has 1 aromatic rings. The van der Waals surface area contributed by atoms with Crippen LogP contribution >= 0.6 is 0 Å². The van der Waals surface area contributed by atoms with Gasteiger partial charge in [0.2, 0.25) is 0 Å². The van der Waals surface area contributed by atoms with Crippen molar-refractivity contribution in [3.05, 3.63) is 29.1 Å². The van der Waals surface area contributed by atoms with Crippen molar-refractivity contribution in [1.82, 2.24) is 5.32 Å². The summed E-state index contributed by atoms with van der Waals surface area (Å²) in [7, 11) is 0. The molecule has 0 aromatic heterocycles. The standard InChI is InChI=1S/C18H26FNO3/c1-12-9-14(17(21)23-18(2,3)4)15(19)10-16(12)22-11-13-5-7-20-8-6-13/h9-10,13,20H,5-8,11H2,1-4H3. The van der Waals surface area contributed by atoms with Gasteiger partial charge in [0.25, 0.3) is 0 Å². The summed E-state index contributed by atoms with van der Waals surface area (Å²) in [4.78, 5) is 12.0. The predicted octanol–water partition coefficient (Wildman–Crippen LogP) is 3.47. The molecular weight excluding hydrogens is 297 g/mol. The molecule has 1 fully saturated rings. The van der Waals surface area contributed by atoms with Crippen LogP contribution in [0.2, 0.25) is 0 Å². The van der Waals surface area contributed by atoms with Crippen LogP contribution in [0.5, 0.6) is 5.75 Å². The zero-order valence-corrected chi connectivity index (χ0v) is 14.4. The zero-order valence-electron chi connectivity index (χ0n) is 14.4. The van der Waals surface area contributed by atoms with E-state index in [1.807, 2.05) is 6.92 Å². The number of carbonyl (C=O) groups excluding carboxylic acids is 1. The first-order valence-corrected chi connectivity index (χ1v) is 8.13. The summed E-state index contributed by atoms with van der Waals surface area (Å²) >= 11 is 0. The number of benzene rings is 1. The van der Waals surface area contributed by atoms with Crippen LogP contribution in [0.15, 0.2) is 12.1 Å². The molecule has 128 valence electrons. The molecule has 0 atom stereocenters. The summed E-state index contributed by atoms with van der Waals surface area (Å²) in [5.41, 5.74) is 0.0366. The molecule has 0 saturated carbocycles. The Morgan fingerprint density at radius 3 is 2.57 bits per heavy atom. The molecule has 1 saturated heterocycles. The molecule has 2 rings (SSSR count). The molecule has 1 aliphatic heterocycles. The fourth-order valence-electron chi connectivity index (χ4n) is 2.56. The van der Waals surface area contributed by atoms with E-state index in [1.54, 1.807) is 20.8 Å². The first-order chi connectivity index (χ1) is 10.8. The highest BCUT2D eigenvalue weighted by molar-refractivity contribution is 5.90. The summed E-state index contributed by atoms with van der Waals surface area (Å²) < 4.78 is 25.2. The van der Waals surface area contributed by atoms with E-state index < -0.39 is 17.4 Å². The van der Waals surface area contributed by atoms with Crippen LogP contribution in [-0.4, -0.2) is 31.3 Å². The number of esters is 1. The number of nitrogens with one attached hydrogen (secondary N) is 1. The van der Waals surface area contributed by atoms with Crippen molar-refractivity contribution >= 4 is 5.97 Å². The van der Waals surface area contributed by atoms with Crippen molar-refractivity contribution in [3.8, 4) is 5.75 Å². The third kappa shape index (κ3) is 5.20. The van der Waals surface area contributed by atoms with E-state index in [-0.39, 0.29) is 5.56 Å². The van der Waals surface area contributed by atoms with Crippen molar-refractivity contribution < 1.29 is 18.7 Å². The van der Waals surface area contributed by atoms with Gasteiger partial charge in [0, 0.05) is 6.07 Å². The lowest BCUT2D eigenvalue weighted by Crippen LogP contribution is -2.30. The molecular formula is C18H26FNO3. The Labute approximate surface area is 137 Å². The highest BCUT2D eigenvalue weighted by Crippen LogP contribution is 2.25. The van der Waals surface area contributed by atoms with Gasteiger partial charge in [0.15, 0.2) is 0 Å². The number of hydrogen-bond donors (Lipinski definition) is 1. The van der Waals surface area contributed by atoms with Gasteiger partial charge in [-0.2, -0.15) is 0 Å². The summed E-state index contributed by atoms with van der Waals surface area (Å²) in [6.07, 6.45) is 2.13. The average Bonchev–Trinajstić information content (AvgIpc) is 2.47. The van der Waals surface area contributed by atoms with Crippen LogP contribution in [0.4, 0.5) is 4.39 Å². The molecule has 4 nitrogen and oxygen atoms in total. The lowest BCUT2D eigenvalue weighted by atomic mass is 9.99. The van der Waals surface area contributed by atoms with Crippen LogP contribution < -0.4 is 10.1 Å². The highest BCUT2D eigenvalue weighted by atomic mass is 19.1. The predicted molar refractivity (Wildman–Crippen MR) is 87.4 cm³/mol. The quantitative estimate of drug-likeness (QED) is 0.862. The minimum atomic E-state index is -0.651. The SMILES string of the molecule is Cc1cc(C(=O)OC(C)(C)C)c(F)cc1OCC1CCNCC1. The molecule has 0 bridgehead atoms. The number of rotatable bonds is 4. The van der Waals surface area contributed by atoms with Crippen molar-refractivity contribution in [2.24, 2.45) is 5.92 Å². The van der Waals surface area contributed by atoms with Crippen LogP contribution in [-0.2, 0) is 4.74 Å². The maximum atomic E-state index is 14.2. The van der Waals surface area contributed by atoms with E-state index in [4.69, 9.17) is 9.47 Å². The maximum Gasteiger partial charge on any atom is 0.341 e. The molecule has 23 heavy (non-hydrogen) atoms. The molecule has 0 aliphatic carbocycles. The van der Waals surface area contributed by atoms with Crippen molar-refractivity contribution in [2.75, 3.05) is 19.7 Å². The smallest absolute Gasteiger partial charge is 0.341 e. The monoisotopic (exact) mass is 323 g/mol. The van der Waals surface area contributed by atoms with Crippen LogP contribution in [0.25, 0.3) is 0 Å². The van der Waals surface area contributed by atoms with Crippen LogP contribution in [0, 0.1) is 18.7 Å². The van der Waals surface area contributed by atoms with E-state index >= 15 is 0 Å². The Bertz CT molecular complexity index is 560. The van der Waals surface area contributed by atoms with E-state index in [0.717, 1.165) is 31.5 Å². The van der Waals surface area contributed by atoms with E-state index in [0.29, 0.717) is 18.3 Å². The lowest BCUT2D eigenvalue weighted by molar-refractivity contribution is 0.00645. The van der Waals surface area contributed by atoms with Gasteiger partial charge >= 0.3 is 5.97 Å². The van der Waals surface area contributed by atoms with Gasteiger partial charge < -0.3 is 14.8 Å². The molecule has 0 amide bonds. The summed E-state index contributed by atoms with van der Waals surface area (Å²) in [5, 5.41) is 3.30. The maximum absolute atomic E-state index is 14.2. The molecule has 0 spiro atoms. The van der Waals surface area contributed by atoms with Crippen molar-refractivity contribution in [2.45, 2.75) is 46.1 Å². The van der Waals surface area contributed by atoms with E-state index in [2.05, 4.69) is 5.32 Å². The summed E-state index contributed by atoms with van der Waals surface area (Å²) in [5.74, 6) is -0.272. The molecule has 1 heterocycles. The topological polar surface area (TPSA) is 47.6 Å². The van der Waals surface area contributed by atoms with Gasteiger partial charge in [-0.1, -0.05) is 0 Å². The molecule has 1 N–H and O–H groups in total. The third-order valence-corrected chi connectivity index (χ3v) is 3.82.